The van der Waals surface area contributed by atoms with E-state index in [0.29, 0.717) is 94.2 Å². The van der Waals surface area contributed by atoms with Crippen molar-refractivity contribution in [2.75, 3.05) is 90.4 Å². The summed E-state index contributed by atoms with van der Waals surface area (Å²) in [7, 11) is 2.01. The van der Waals surface area contributed by atoms with Gasteiger partial charge in [0, 0.05) is 36.8 Å². The number of benzene rings is 2. The monoisotopic (exact) mass is 587 g/mol. The molecule has 0 saturated carbocycles. The van der Waals surface area contributed by atoms with E-state index >= 15 is 0 Å². The summed E-state index contributed by atoms with van der Waals surface area (Å²) in [5.74, 6) is 1.78. The number of H-pyrrole nitrogens is 1. The Bertz CT molecular complexity index is 1410. The number of aryl methyl sites for hydroxylation is 1. The van der Waals surface area contributed by atoms with Crippen LogP contribution in [0.4, 0.5) is 5.69 Å². The topological polar surface area (TPSA) is 108 Å². The molecule has 4 aromatic rings. The largest absolute Gasteiger partial charge is 0.453 e. The van der Waals surface area contributed by atoms with Gasteiger partial charge in [0.1, 0.15) is 17.1 Å². The fraction of sp³-hybridized carbons (Fsp3) is 0.467. The number of likely N-dealkylation sites (N-methyl/N-ethyl adjacent to an activating group) is 1. The highest BCUT2D eigenvalue weighted by Crippen LogP contribution is 2.28. The summed E-state index contributed by atoms with van der Waals surface area (Å²) < 4.78 is 33.5. The zero-order valence-electron chi connectivity index (χ0n) is 23.7. The molecule has 0 spiro atoms. The summed E-state index contributed by atoms with van der Waals surface area (Å²) in [5, 5.41) is 0.518. The van der Waals surface area contributed by atoms with Crippen molar-refractivity contribution in [1.82, 2.24) is 9.97 Å². The van der Waals surface area contributed by atoms with Crippen LogP contribution in [0.3, 0.4) is 0 Å². The summed E-state index contributed by atoms with van der Waals surface area (Å²) in [6, 6.07) is 13.1. The number of ether oxygens (including phenoxy) is 5. The first-order valence-electron chi connectivity index (χ1n) is 13.8. The molecule has 0 fully saturated rings. The first kappa shape index (κ1) is 31.0. The Morgan fingerprint density at radius 3 is 2.02 bits per heavy atom. The van der Waals surface area contributed by atoms with E-state index in [1.807, 2.05) is 44.3 Å². The van der Waals surface area contributed by atoms with Gasteiger partial charge in [-0.05, 0) is 43.3 Å². The smallest absolute Gasteiger partial charge is 0.193 e. The molecule has 222 valence electrons. The van der Waals surface area contributed by atoms with Crippen LogP contribution in [0.2, 0.25) is 0 Å². The second-order valence-corrected chi connectivity index (χ2v) is 9.73. The molecule has 0 radical (unpaired) electrons. The minimum atomic E-state index is -0.0932. The lowest BCUT2D eigenvalue weighted by Gasteiger charge is -2.19. The second-order valence-electron chi connectivity index (χ2n) is 9.35. The summed E-state index contributed by atoms with van der Waals surface area (Å²) in [4.78, 5) is 22.6. The van der Waals surface area contributed by atoms with E-state index < -0.39 is 0 Å². The Hall–Kier alpha value is -2.99. The Morgan fingerprint density at radius 2 is 1.41 bits per heavy atom. The van der Waals surface area contributed by atoms with Crippen LogP contribution in [0, 0.1) is 6.92 Å². The van der Waals surface area contributed by atoms with Crippen molar-refractivity contribution in [3.8, 4) is 11.3 Å². The number of fused-ring (bicyclic) bond motifs is 3. The number of nitrogens with zero attached hydrogens (tertiary/aromatic N) is 2. The number of aromatic nitrogens is 2. The number of halogens is 1. The van der Waals surface area contributed by atoms with Crippen molar-refractivity contribution in [3.63, 3.8) is 0 Å². The van der Waals surface area contributed by atoms with E-state index in [1.54, 1.807) is 6.07 Å². The normalized spacial score (nSPS) is 11.6. The number of anilines is 1. The van der Waals surface area contributed by atoms with E-state index in [0.717, 1.165) is 29.1 Å². The van der Waals surface area contributed by atoms with Crippen molar-refractivity contribution in [3.05, 3.63) is 58.5 Å². The van der Waals surface area contributed by atoms with Gasteiger partial charge in [0.25, 0.3) is 0 Å². The number of nitrogens with one attached hydrogen (secondary N) is 1. The fourth-order valence-electron chi connectivity index (χ4n) is 4.20. The van der Waals surface area contributed by atoms with Gasteiger partial charge in [-0.15, -0.1) is 11.6 Å². The Balaban J connectivity index is 1.12. The van der Waals surface area contributed by atoms with Gasteiger partial charge in [-0.1, -0.05) is 0 Å². The first-order chi connectivity index (χ1) is 20.1. The first-order valence-corrected chi connectivity index (χ1v) is 14.3. The maximum atomic E-state index is 12.8. The molecule has 0 saturated heterocycles. The molecule has 0 aliphatic rings. The molecule has 0 aliphatic carbocycles. The molecule has 0 atom stereocenters. The van der Waals surface area contributed by atoms with Gasteiger partial charge < -0.3 is 38.0 Å². The number of hydrogen-bond donors (Lipinski definition) is 1. The minimum Gasteiger partial charge on any atom is -0.453 e. The van der Waals surface area contributed by atoms with Crippen LogP contribution in [-0.2, 0) is 23.7 Å². The van der Waals surface area contributed by atoms with Gasteiger partial charge in [0.05, 0.1) is 77.0 Å². The van der Waals surface area contributed by atoms with E-state index in [-0.39, 0.29) is 5.43 Å². The standard InChI is InChI=1S/C30H38ClN3O7/c1-22-32-26-8-7-25-27(35)21-28(41-30(25)29(26)33-22)23-3-5-24(6-4-23)34(2)10-12-37-14-16-39-18-20-40-19-17-38-15-13-36-11-9-31/h3-8,21H,9-20H2,1-2H3,(H,32,33). The van der Waals surface area contributed by atoms with Gasteiger partial charge in [0.2, 0.25) is 0 Å². The average molecular weight is 588 g/mol. The highest BCUT2D eigenvalue weighted by atomic mass is 35.5. The predicted molar refractivity (Wildman–Crippen MR) is 160 cm³/mol. The molecule has 10 nitrogen and oxygen atoms in total. The van der Waals surface area contributed by atoms with Crippen LogP contribution >= 0.6 is 11.6 Å². The molecule has 2 aromatic carbocycles. The van der Waals surface area contributed by atoms with E-state index in [1.165, 1.54) is 6.07 Å². The summed E-state index contributed by atoms with van der Waals surface area (Å²) in [6.45, 7) is 7.89. The van der Waals surface area contributed by atoms with Crippen LogP contribution in [-0.4, -0.2) is 95.5 Å². The summed E-state index contributed by atoms with van der Waals surface area (Å²) in [5.41, 5.74) is 3.76. The molecule has 0 amide bonds. The lowest BCUT2D eigenvalue weighted by molar-refractivity contribution is -0.00958. The van der Waals surface area contributed by atoms with Crippen molar-refractivity contribution in [1.29, 1.82) is 0 Å². The van der Waals surface area contributed by atoms with E-state index in [9.17, 15) is 4.79 Å². The van der Waals surface area contributed by atoms with Crippen LogP contribution in [0.25, 0.3) is 33.3 Å². The molecule has 4 rings (SSSR count). The summed E-state index contributed by atoms with van der Waals surface area (Å²) >= 11 is 5.52. The molecule has 0 aliphatic heterocycles. The van der Waals surface area contributed by atoms with Crippen molar-refractivity contribution in [2.24, 2.45) is 0 Å². The maximum absolute atomic E-state index is 12.8. The lowest BCUT2D eigenvalue weighted by atomic mass is 10.1. The van der Waals surface area contributed by atoms with Gasteiger partial charge >= 0.3 is 0 Å². The Kier molecular flexibility index (Phi) is 12.4. The molecule has 11 heteroatoms. The molecular weight excluding hydrogens is 550 g/mol. The van der Waals surface area contributed by atoms with Crippen LogP contribution < -0.4 is 10.3 Å². The van der Waals surface area contributed by atoms with E-state index in [2.05, 4.69) is 14.9 Å². The molecular formula is C30H38ClN3O7. The number of rotatable bonds is 19. The molecule has 1 N–H and O–H groups in total. The van der Waals surface area contributed by atoms with Crippen molar-refractivity contribution in [2.45, 2.75) is 6.92 Å². The number of aromatic amines is 1. The zero-order chi connectivity index (χ0) is 28.9. The quantitative estimate of drug-likeness (QED) is 0.126. The SMILES string of the molecule is Cc1nc2c(ccc3c(=O)cc(-c4ccc(N(C)CCOCCOCCOCCOCCOCCCl)cc4)oc32)[nH]1. The highest BCUT2D eigenvalue weighted by Gasteiger charge is 2.13. The lowest BCUT2D eigenvalue weighted by Crippen LogP contribution is -2.23. The van der Waals surface area contributed by atoms with Crippen molar-refractivity contribution < 1.29 is 28.1 Å². The molecule has 2 heterocycles. The summed E-state index contributed by atoms with van der Waals surface area (Å²) in [6.07, 6.45) is 0. The third kappa shape index (κ3) is 9.26. The predicted octanol–water partition coefficient (Wildman–Crippen LogP) is 4.40. The molecule has 0 bridgehead atoms. The van der Waals surface area contributed by atoms with Gasteiger partial charge in [-0.3, -0.25) is 4.79 Å². The molecule has 0 unspecified atom stereocenters. The number of imidazole rings is 1. The molecule has 41 heavy (non-hydrogen) atoms. The second kappa shape index (κ2) is 16.5. The highest BCUT2D eigenvalue weighted by molar-refractivity contribution is 6.17. The molecule has 2 aromatic heterocycles. The van der Waals surface area contributed by atoms with Crippen LogP contribution in [0.15, 0.2) is 51.7 Å². The van der Waals surface area contributed by atoms with Gasteiger partial charge in [0.15, 0.2) is 11.0 Å². The third-order valence-corrected chi connectivity index (χ3v) is 6.49. The zero-order valence-corrected chi connectivity index (χ0v) is 24.4. The van der Waals surface area contributed by atoms with E-state index in [4.69, 9.17) is 39.7 Å². The van der Waals surface area contributed by atoms with Crippen LogP contribution in [0.5, 0.6) is 0 Å². The van der Waals surface area contributed by atoms with Gasteiger partial charge in [-0.25, -0.2) is 4.98 Å². The maximum Gasteiger partial charge on any atom is 0.193 e. The third-order valence-electron chi connectivity index (χ3n) is 6.34. The fourth-order valence-corrected chi connectivity index (χ4v) is 4.31. The minimum absolute atomic E-state index is 0.0932. The Labute approximate surface area is 244 Å². The number of alkyl halides is 1. The van der Waals surface area contributed by atoms with Gasteiger partial charge in [-0.2, -0.15) is 0 Å². The Morgan fingerprint density at radius 1 is 0.829 bits per heavy atom. The number of hydrogen-bond acceptors (Lipinski definition) is 9. The van der Waals surface area contributed by atoms with Crippen molar-refractivity contribution >= 4 is 39.3 Å². The average Bonchev–Trinajstić information content (AvgIpc) is 3.37. The van der Waals surface area contributed by atoms with Crippen LogP contribution in [0.1, 0.15) is 5.82 Å².